The average molecular weight is 373 g/mol. The molecule has 0 atom stereocenters. The number of anilines is 1. The first-order valence-corrected chi connectivity index (χ1v) is 9.08. The van der Waals surface area contributed by atoms with E-state index in [4.69, 9.17) is 16.3 Å². The van der Waals surface area contributed by atoms with Gasteiger partial charge in [-0.3, -0.25) is 9.59 Å². The lowest BCUT2D eigenvalue weighted by atomic mass is 10.1. The van der Waals surface area contributed by atoms with Crippen molar-refractivity contribution in [3.05, 3.63) is 59.1 Å². The molecule has 26 heavy (non-hydrogen) atoms. The van der Waals surface area contributed by atoms with E-state index in [9.17, 15) is 9.59 Å². The van der Waals surface area contributed by atoms with Crippen molar-refractivity contribution in [3.63, 3.8) is 0 Å². The third-order valence-electron chi connectivity index (χ3n) is 4.30. The Hall–Kier alpha value is -2.53. The summed E-state index contributed by atoms with van der Waals surface area (Å²) >= 11 is 6.03. The van der Waals surface area contributed by atoms with Gasteiger partial charge in [0.15, 0.2) is 6.61 Å². The number of benzene rings is 2. The summed E-state index contributed by atoms with van der Waals surface area (Å²) in [5.74, 6) is -0.199. The van der Waals surface area contributed by atoms with Crippen LogP contribution in [-0.4, -0.2) is 24.5 Å². The Morgan fingerprint density at radius 1 is 1.08 bits per heavy atom. The highest BCUT2D eigenvalue weighted by atomic mass is 35.5. The van der Waals surface area contributed by atoms with E-state index < -0.39 is 0 Å². The Balaban J connectivity index is 1.65. The number of carbonyl (C=O) groups is 2. The van der Waals surface area contributed by atoms with Crippen molar-refractivity contribution < 1.29 is 14.3 Å². The van der Waals surface area contributed by atoms with E-state index >= 15 is 0 Å². The van der Waals surface area contributed by atoms with Crippen molar-refractivity contribution in [3.8, 4) is 5.75 Å². The molecule has 0 bridgehead atoms. The van der Waals surface area contributed by atoms with Crippen LogP contribution >= 0.6 is 11.6 Å². The lowest BCUT2D eigenvalue weighted by Crippen LogP contribution is -2.36. The number of hydrogen-bond donors (Lipinski definition) is 2. The van der Waals surface area contributed by atoms with Crippen LogP contribution < -0.4 is 15.4 Å². The fraction of sp³-hybridized carbons (Fsp3) is 0.300. The number of ether oxygens (including phenoxy) is 1. The largest absolute Gasteiger partial charge is 0.483 e. The highest BCUT2D eigenvalue weighted by molar-refractivity contribution is 6.31. The zero-order chi connectivity index (χ0) is 18.4. The third-order valence-corrected chi connectivity index (χ3v) is 4.53. The minimum absolute atomic E-state index is 0.135. The second-order valence-electron chi connectivity index (χ2n) is 6.30. The maximum atomic E-state index is 12.6. The first-order chi connectivity index (χ1) is 12.6. The smallest absolute Gasteiger partial charge is 0.259 e. The van der Waals surface area contributed by atoms with Crippen molar-refractivity contribution in [2.45, 2.75) is 31.7 Å². The summed E-state index contributed by atoms with van der Waals surface area (Å²) in [7, 11) is 0. The molecule has 3 rings (SSSR count). The van der Waals surface area contributed by atoms with Crippen LogP contribution in [0.15, 0.2) is 48.5 Å². The normalized spacial score (nSPS) is 14.0. The molecule has 0 heterocycles. The van der Waals surface area contributed by atoms with Gasteiger partial charge in [0.05, 0.1) is 5.56 Å². The lowest BCUT2D eigenvalue weighted by Gasteiger charge is -2.14. The van der Waals surface area contributed by atoms with Crippen molar-refractivity contribution in [2.75, 3.05) is 11.9 Å². The zero-order valence-electron chi connectivity index (χ0n) is 14.3. The number of carbonyl (C=O) groups excluding carboxylic acids is 2. The van der Waals surface area contributed by atoms with Crippen LogP contribution in [0.5, 0.6) is 5.75 Å². The predicted octanol–water partition coefficient (Wildman–Crippen LogP) is 4.03. The molecule has 1 fully saturated rings. The molecule has 0 saturated heterocycles. The van der Waals surface area contributed by atoms with E-state index in [0.717, 1.165) is 25.7 Å². The molecular weight excluding hydrogens is 352 g/mol. The molecule has 2 aromatic carbocycles. The van der Waals surface area contributed by atoms with Gasteiger partial charge in [-0.15, -0.1) is 0 Å². The summed E-state index contributed by atoms with van der Waals surface area (Å²) in [5.41, 5.74) is 0.956. The number of nitrogens with one attached hydrogen (secondary N) is 2. The second-order valence-corrected chi connectivity index (χ2v) is 6.73. The average Bonchev–Trinajstić information content (AvgIpc) is 3.14. The minimum atomic E-state index is -0.343. The van der Waals surface area contributed by atoms with Crippen LogP contribution in [0.4, 0.5) is 5.69 Å². The van der Waals surface area contributed by atoms with E-state index in [0.29, 0.717) is 16.5 Å². The standard InChI is InChI=1S/C20H21ClN2O3/c21-14-10-11-18(26-13-19(24)22-15-8-4-5-9-15)17(12-14)20(25)23-16-6-2-1-3-7-16/h1-3,6-7,10-12,15H,4-5,8-9,13H2,(H,22,24)(H,23,25). The molecule has 2 aromatic rings. The summed E-state index contributed by atoms with van der Waals surface area (Å²) in [6.45, 7) is -0.135. The Labute approximate surface area is 157 Å². The van der Waals surface area contributed by atoms with Gasteiger partial charge in [-0.25, -0.2) is 0 Å². The minimum Gasteiger partial charge on any atom is -0.483 e. The fourth-order valence-corrected chi connectivity index (χ4v) is 3.18. The maximum absolute atomic E-state index is 12.6. The van der Waals surface area contributed by atoms with Crippen LogP contribution in [0.3, 0.4) is 0 Å². The molecular formula is C20H21ClN2O3. The Kier molecular flexibility index (Phi) is 6.12. The van der Waals surface area contributed by atoms with Gasteiger partial charge in [0, 0.05) is 16.8 Å². The van der Waals surface area contributed by atoms with E-state index in [-0.39, 0.29) is 30.0 Å². The van der Waals surface area contributed by atoms with Crippen LogP contribution in [-0.2, 0) is 4.79 Å². The molecule has 0 aliphatic heterocycles. The van der Waals surface area contributed by atoms with Gasteiger partial charge in [0.25, 0.3) is 11.8 Å². The molecule has 1 aliphatic carbocycles. The van der Waals surface area contributed by atoms with Gasteiger partial charge in [-0.2, -0.15) is 0 Å². The third kappa shape index (κ3) is 4.99. The molecule has 0 aromatic heterocycles. The van der Waals surface area contributed by atoms with Gasteiger partial charge in [0.2, 0.25) is 0 Å². The van der Waals surface area contributed by atoms with E-state index in [1.165, 1.54) is 6.07 Å². The molecule has 6 heteroatoms. The quantitative estimate of drug-likeness (QED) is 0.804. The summed E-state index contributed by atoms with van der Waals surface area (Å²) in [5, 5.41) is 6.17. The number of halogens is 1. The molecule has 2 amide bonds. The van der Waals surface area contributed by atoms with E-state index in [1.807, 2.05) is 18.2 Å². The molecule has 0 unspecified atom stereocenters. The van der Waals surface area contributed by atoms with Crippen LogP contribution in [0.25, 0.3) is 0 Å². The van der Waals surface area contributed by atoms with Crippen LogP contribution in [0, 0.1) is 0 Å². The highest BCUT2D eigenvalue weighted by Gasteiger charge is 2.19. The van der Waals surface area contributed by atoms with E-state index in [2.05, 4.69) is 10.6 Å². The first kappa shape index (κ1) is 18.3. The van der Waals surface area contributed by atoms with Gasteiger partial charge in [-0.1, -0.05) is 42.6 Å². The lowest BCUT2D eigenvalue weighted by molar-refractivity contribution is -0.123. The molecule has 0 radical (unpaired) electrons. The molecule has 136 valence electrons. The predicted molar refractivity (Wildman–Crippen MR) is 102 cm³/mol. The van der Waals surface area contributed by atoms with Gasteiger partial charge < -0.3 is 15.4 Å². The van der Waals surface area contributed by atoms with Crippen molar-refractivity contribution in [1.29, 1.82) is 0 Å². The highest BCUT2D eigenvalue weighted by Crippen LogP contribution is 2.24. The maximum Gasteiger partial charge on any atom is 0.259 e. The van der Waals surface area contributed by atoms with Crippen molar-refractivity contribution >= 4 is 29.1 Å². The molecule has 5 nitrogen and oxygen atoms in total. The summed E-state index contributed by atoms with van der Waals surface area (Å²) in [6, 6.07) is 14.1. The second kappa shape index (κ2) is 8.72. The molecule has 1 aliphatic rings. The number of para-hydroxylation sites is 1. The van der Waals surface area contributed by atoms with Gasteiger partial charge in [0.1, 0.15) is 5.75 Å². The topological polar surface area (TPSA) is 67.4 Å². The summed E-state index contributed by atoms with van der Waals surface area (Å²) in [6.07, 6.45) is 4.31. The zero-order valence-corrected chi connectivity index (χ0v) is 15.1. The van der Waals surface area contributed by atoms with Crippen molar-refractivity contribution in [2.24, 2.45) is 0 Å². The summed E-state index contributed by atoms with van der Waals surface area (Å²) < 4.78 is 5.59. The van der Waals surface area contributed by atoms with Crippen LogP contribution in [0.2, 0.25) is 5.02 Å². The first-order valence-electron chi connectivity index (χ1n) is 8.70. The molecule has 0 spiro atoms. The number of rotatable bonds is 6. The SMILES string of the molecule is O=C(COc1ccc(Cl)cc1C(=O)Nc1ccccc1)NC1CCCC1. The van der Waals surface area contributed by atoms with Gasteiger partial charge >= 0.3 is 0 Å². The number of amides is 2. The molecule has 1 saturated carbocycles. The fourth-order valence-electron chi connectivity index (χ4n) is 3.01. The Morgan fingerprint density at radius 2 is 1.81 bits per heavy atom. The van der Waals surface area contributed by atoms with Crippen LogP contribution in [0.1, 0.15) is 36.0 Å². The van der Waals surface area contributed by atoms with Gasteiger partial charge in [-0.05, 0) is 43.2 Å². The number of hydrogen-bond acceptors (Lipinski definition) is 3. The Morgan fingerprint density at radius 3 is 2.54 bits per heavy atom. The monoisotopic (exact) mass is 372 g/mol. The summed E-state index contributed by atoms with van der Waals surface area (Å²) in [4.78, 5) is 24.6. The Bertz CT molecular complexity index is 774. The molecule has 2 N–H and O–H groups in total. The van der Waals surface area contributed by atoms with E-state index in [1.54, 1.807) is 24.3 Å². The van der Waals surface area contributed by atoms with Crippen molar-refractivity contribution in [1.82, 2.24) is 5.32 Å².